The molecule has 1 amide bonds. The van der Waals surface area contributed by atoms with Crippen LogP contribution in [0.3, 0.4) is 0 Å². The first-order valence-electron chi connectivity index (χ1n) is 10.0. The number of carbonyl (C=O) groups excluding carboxylic acids is 1. The van der Waals surface area contributed by atoms with Crippen LogP contribution in [-0.4, -0.2) is 24.0 Å². The van der Waals surface area contributed by atoms with Crippen LogP contribution in [0.15, 0.2) is 65.5 Å². The summed E-state index contributed by atoms with van der Waals surface area (Å²) in [6.07, 6.45) is -1.65. The maximum absolute atomic E-state index is 12.6. The number of hydrogen-bond donors (Lipinski definition) is 3. The Morgan fingerprint density at radius 1 is 1.03 bits per heavy atom. The van der Waals surface area contributed by atoms with Crippen molar-refractivity contribution in [3.63, 3.8) is 0 Å². The number of pyridine rings is 1. The first kappa shape index (κ1) is 23.1. The fourth-order valence-electron chi connectivity index (χ4n) is 3.03. The van der Waals surface area contributed by atoms with E-state index >= 15 is 0 Å². The van der Waals surface area contributed by atoms with Crippen LogP contribution in [0.1, 0.15) is 25.0 Å². The lowest BCUT2D eigenvalue weighted by atomic mass is 9.93. The van der Waals surface area contributed by atoms with Gasteiger partial charge in [-0.15, -0.1) is 0 Å². The number of benzene rings is 2. The van der Waals surface area contributed by atoms with Gasteiger partial charge in [-0.05, 0) is 41.3 Å². The van der Waals surface area contributed by atoms with E-state index < -0.39 is 11.7 Å². The maximum atomic E-state index is 12.6. The van der Waals surface area contributed by atoms with E-state index in [1.807, 2.05) is 32.0 Å². The maximum Gasteiger partial charge on any atom is 0.416 e. The van der Waals surface area contributed by atoms with E-state index in [1.165, 1.54) is 30.4 Å². The molecule has 0 spiro atoms. The van der Waals surface area contributed by atoms with Crippen LogP contribution in [0, 0.1) is 5.41 Å². The van der Waals surface area contributed by atoms with Gasteiger partial charge in [-0.3, -0.25) is 9.59 Å². The molecule has 0 unspecified atom stereocenters. The van der Waals surface area contributed by atoms with Gasteiger partial charge in [0.15, 0.2) is 5.43 Å². The largest absolute Gasteiger partial charge is 0.416 e. The van der Waals surface area contributed by atoms with Gasteiger partial charge >= 0.3 is 6.18 Å². The summed E-state index contributed by atoms with van der Waals surface area (Å²) < 4.78 is 37.8. The van der Waals surface area contributed by atoms with E-state index in [2.05, 4.69) is 15.6 Å². The van der Waals surface area contributed by atoms with Crippen molar-refractivity contribution in [2.75, 3.05) is 18.4 Å². The van der Waals surface area contributed by atoms with Crippen LogP contribution in [0.5, 0.6) is 0 Å². The molecule has 0 aliphatic rings. The van der Waals surface area contributed by atoms with Gasteiger partial charge in [-0.1, -0.05) is 38.1 Å². The first-order valence-corrected chi connectivity index (χ1v) is 10.0. The van der Waals surface area contributed by atoms with Crippen molar-refractivity contribution >= 4 is 28.7 Å². The highest BCUT2D eigenvalue weighted by atomic mass is 19.4. The van der Waals surface area contributed by atoms with Crippen molar-refractivity contribution in [1.82, 2.24) is 10.3 Å². The third kappa shape index (κ3) is 6.23. The highest BCUT2D eigenvalue weighted by Crippen LogP contribution is 2.29. The van der Waals surface area contributed by atoms with Gasteiger partial charge < -0.3 is 15.6 Å². The quantitative estimate of drug-likeness (QED) is 0.459. The van der Waals surface area contributed by atoms with Crippen molar-refractivity contribution in [1.29, 1.82) is 0 Å². The Labute approximate surface area is 183 Å². The molecule has 0 saturated carbocycles. The Kier molecular flexibility index (Phi) is 6.72. The number of hydrogen-bond acceptors (Lipinski definition) is 3. The summed E-state index contributed by atoms with van der Waals surface area (Å²) in [5.74, 6) is 0.243. The van der Waals surface area contributed by atoms with E-state index in [4.69, 9.17) is 0 Å². The first-order chi connectivity index (χ1) is 15.0. The van der Waals surface area contributed by atoms with Crippen molar-refractivity contribution in [2.24, 2.45) is 5.41 Å². The van der Waals surface area contributed by atoms with Gasteiger partial charge in [0.05, 0.1) is 11.1 Å². The molecule has 1 heterocycles. The highest BCUT2D eigenvalue weighted by Gasteiger charge is 2.29. The molecule has 0 radical (unpaired) electrons. The minimum atomic E-state index is -4.39. The predicted octanol–water partition coefficient (Wildman–Crippen LogP) is 4.81. The monoisotopic (exact) mass is 443 g/mol. The average Bonchev–Trinajstić information content (AvgIpc) is 2.75. The summed E-state index contributed by atoms with van der Waals surface area (Å²) in [6, 6.07) is 13.3. The topological polar surface area (TPSA) is 74.0 Å². The molecule has 0 fully saturated rings. The minimum absolute atomic E-state index is 0.0821. The van der Waals surface area contributed by atoms with Gasteiger partial charge in [0.2, 0.25) is 5.91 Å². The molecule has 0 saturated heterocycles. The minimum Gasteiger partial charge on any atom is -0.371 e. The second-order valence-electron chi connectivity index (χ2n) is 8.28. The summed E-state index contributed by atoms with van der Waals surface area (Å²) in [7, 11) is 0. The van der Waals surface area contributed by atoms with E-state index in [0.29, 0.717) is 29.9 Å². The normalized spacial score (nSPS) is 12.3. The number of para-hydroxylation sites is 1. The van der Waals surface area contributed by atoms with Crippen molar-refractivity contribution in [3.05, 3.63) is 82.0 Å². The summed E-state index contributed by atoms with van der Waals surface area (Å²) in [5.41, 5.74) is 0.0826. The summed E-state index contributed by atoms with van der Waals surface area (Å²) in [6.45, 7) is 4.76. The van der Waals surface area contributed by atoms with E-state index in [9.17, 15) is 22.8 Å². The standard InChI is InChI=1S/C24H24F3N3O2/c1-23(2,14-28-21-13-20(31)18-5-3-4-6-19(18)30-21)15-29-22(32)12-9-16-7-10-17(11-8-16)24(25,26)27/h3-13H,14-15H2,1-2H3,(H,29,32)(H2,28,30,31)/b12-9+. The predicted molar refractivity (Wildman–Crippen MR) is 120 cm³/mol. The lowest BCUT2D eigenvalue weighted by Gasteiger charge is -2.25. The van der Waals surface area contributed by atoms with Crippen LogP contribution >= 0.6 is 0 Å². The number of nitrogens with one attached hydrogen (secondary N) is 3. The zero-order chi connectivity index (χ0) is 23.4. The van der Waals surface area contributed by atoms with Crippen molar-refractivity contribution in [3.8, 4) is 0 Å². The van der Waals surface area contributed by atoms with Gasteiger partial charge in [-0.2, -0.15) is 13.2 Å². The Morgan fingerprint density at radius 2 is 1.72 bits per heavy atom. The van der Waals surface area contributed by atoms with Crippen LogP contribution < -0.4 is 16.1 Å². The summed E-state index contributed by atoms with van der Waals surface area (Å²) in [5, 5.41) is 6.60. The molecule has 0 atom stereocenters. The number of anilines is 1. The van der Waals surface area contributed by atoms with Gasteiger partial charge in [-0.25, -0.2) is 0 Å². The zero-order valence-electron chi connectivity index (χ0n) is 17.7. The Hall–Kier alpha value is -3.55. The zero-order valence-corrected chi connectivity index (χ0v) is 17.7. The Balaban J connectivity index is 1.52. The molecule has 0 aliphatic carbocycles. The summed E-state index contributed by atoms with van der Waals surface area (Å²) >= 11 is 0. The van der Waals surface area contributed by atoms with Crippen LogP contribution in [-0.2, 0) is 11.0 Å². The van der Waals surface area contributed by atoms with Gasteiger partial charge in [0.25, 0.3) is 0 Å². The number of alkyl halides is 3. The third-order valence-corrected chi connectivity index (χ3v) is 4.90. The highest BCUT2D eigenvalue weighted by molar-refractivity contribution is 5.91. The number of rotatable bonds is 7. The average molecular weight is 443 g/mol. The SMILES string of the molecule is CC(C)(CNC(=O)/C=C/c1ccc(C(F)(F)F)cc1)CNc1cc(=O)c2ccccc2[nH]1. The molecule has 168 valence electrons. The van der Waals surface area contributed by atoms with E-state index in [0.717, 1.165) is 17.6 Å². The number of amides is 1. The van der Waals surface area contributed by atoms with Crippen LogP contribution in [0.25, 0.3) is 17.0 Å². The molecule has 3 rings (SSSR count). The number of fused-ring (bicyclic) bond motifs is 1. The number of aromatic nitrogens is 1. The van der Waals surface area contributed by atoms with Gasteiger partial charge in [0, 0.05) is 30.6 Å². The number of halogens is 3. The molecule has 32 heavy (non-hydrogen) atoms. The second-order valence-corrected chi connectivity index (χ2v) is 8.28. The fourth-order valence-corrected chi connectivity index (χ4v) is 3.03. The Morgan fingerprint density at radius 3 is 2.41 bits per heavy atom. The van der Waals surface area contributed by atoms with Crippen molar-refractivity contribution in [2.45, 2.75) is 20.0 Å². The molecule has 3 aromatic rings. The summed E-state index contributed by atoms with van der Waals surface area (Å²) in [4.78, 5) is 27.5. The Bertz CT molecular complexity index is 1180. The van der Waals surface area contributed by atoms with E-state index in [-0.39, 0.29) is 16.8 Å². The molecular formula is C24H24F3N3O2. The molecule has 3 N–H and O–H groups in total. The smallest absolute Gasteiger partial charge is 0.371 e. The van der Waals surface area contributed by atoms with Gasteiger partial charge in [0.1, 0.15) is 5.82 Å². The van der Waals surface area contributed by atoms with Crippen molar-refractivity contribution < 1.29 is 18.0 Å². The number of carbonyl (C=O) groups is 1. The second kappa shape index (κ2) is 9.30. The lowest BCUT2D eigenvalue weighted by Crippen LogP contribution is -2.37. The third-order valence-electron chi connectivity index (χ3n) is 4.90. The molecule has 2 aromatic carbocycles. The molecular weight excluding hydrogens is 419 g/mol. The number of aromatic amines is 1. The van der Waals surface area contributed by atoms with Crippen LogP contribution in [0.4, 0.5) is 19.0 Å². The molecule has 0 aliphatic heterocycles. The van der Waals surface area contributed by atoms with E-state index in [1.54, 1.807) is 6.07 Å². The molecule has 0 bridgehead atoms. The lowest BCUT2D eigenvalue weighted by molar-refractivity contribution is -0.137. The fraction of sp³-hybridized carbons (Fsp3) is 0.250. The molecule has 1 aromatic heterocycles. The molecule has 8 heteroatoms. The molecule has 5 nitrogen and oxygen atoms in total. The van der Waals surface area contributed by atoms with Crippen LogP contribution in [0.2, 0.25) is 0 Å². The number of H-pyrrole nitrogens is 1.